The van der Waals surface area contributed by atoms with Crippen molar-refractivity contribution < 1.29 is 5.11 Å². The van der Waals surface area contributed by atoms with Crippen molar-refractivity contribution in [2.75, 3.05) is 6.61 Å². The van der Waals surface area contributed by atoms with Crippen LogP contribution >= 0.6 is 0 Å². The lowest BCUT2D eigenvalue weighted by atomic mass is 9.96. The summed E-state index contributed by atoms with van der Waals surface area (Å²) in [7, 11) is 0. The van der Waals surface area contributed by atoms with E-state index in [0.29, 0.717) is 0 Å². The van der Waals surface area contributed by atoms with Gasteiger partial charge in [0.05, 0.1) is 0 Å². The molecule has 0 amide bonds. The van der Waals surface area contributed by atoms with Crippen molar-refractivity contribution in [1.29, 1.82) is 0 Å². The highest BCUT2D eigenvalue weighted by Gasteiger charge is 2.04. The molecule has 3 rings (SSSR count). The van der Waals surface area contributed by atoms with Crippen LogP contribution in [-0.2, 0) is 6.42 Å². The zero-order chi connectivity index (χ0) is 13.1. The first-order chi connectivity index (χ1) is 9.40. The number of hydrogen-bond acceptors (Lipinski definition) is 1. The van der Waals surface area contributed by atoms with E-state index in [2.05, 4.69) is 54.6 Å². The molecule has 0 radical (unpaired) electrons. The monoisotopic (exact) mass is 250 g/mol. The van der Waals surface area contributed by atoms with Crippen molar-refractivity contribution in [2.24, 2.45) is 0 Å². The molecule has 0 unspecified atom stereocenters. The lowest BCUT2D eigenvalue weighted by Gasteiger charge is -2.09. The van der Waals surface area contributed by atoms with Crippen molar-refractivity contribution >= 4 is 21.5 Å². The summed E-state index contributed by atoms with van der Waals surface area (Å²) in [4.78, 5) is 0. The maximum absolute atomic E-state index is 8.90. The van der Waals surface area contributed by atoms with E-state index in [1.165, 1.54) is 27.1 Å². The molecule has 0 aliphatic heterocycles. The first-order valence-corrected chi connectivity index (χ1v) is 6.90. The number of hydrogen-bond donors (Lipinski definition) is 1. The van der Waals surface area contributed by atoms with Gasteiger partial charge in [-0.25, -0.2) is 0 Å². The van der Waals surface area contributed by atoms with Crippen LogP contribution in [0, 0.1) is 0 Å². The Kier molecular flexibility index (Phi) is 3.47. The van der Waals surface area contributed by atoms with Gasteiger partial charge in [0.1, 0.15) is 0 Å². The van der Waals surface area contributed by atoms with Gasteiger partial charge in [0, 0.05) is 6.61 Å². The molecule has 19 heavy (non-hydrogen) atoms. The second kappa shape index (κ2) is 5.41. The second-order valence-electron chi connectivity index (χ2n) is 4.98. The van der Waals surface area contributed by atoms with Crippen LogP contribution in [0.5, 0.6) is 0 Å². The summed E-state index contributed by atoms with van der Waals surface area (Å²) < 4.78 is 0. The molecule has 1 nitrogen and oxygen atoms in total. The molecule has 0 fully saturated rings. The Bertz CT molecular complexity index is 700. The molecule has 0 aliphatic rings. The van der Waals surface area contributed by atoms with Crippen molar-refractivity contribution in [2.45, 2.75) is 19.3 Å². The molecule has 0 atom stereocenters. The topological polar surface area (TPSA) is 20.2 Å². The maximum Gasteiger partial charge on any atom is 0.0431 e. The fraction of sp³-hybridized carbons (Fsp3) is 0.222. The Labute approximate surface area is 113 Å². The Morgan fingerprint density at radius 1 is 0.684 bits per heavy atom. The smallest absolute Gasteiger partial charge is 0.0431 e. The standard InChI is InChI=1S/C18H18O/c19-13-4-3-7-14-8-5-10-18-16-9-2-1-6-15(16)11-12-17(14)18/h1-2,5-6,8-12,19H,3-4,7,13H2. The Hall–Kier alpha value is -1.86. The number of aliphatic hydroxyl groups excluding tert-OH is 1. The van der Waals surface area contributed by atoms with E-state index in [1.54, 1.807) is 0 Å². The summed E-state index contributed by atoms with van der Waals surface area (Å²) >= 11 is 0. The molecule has 1 N–H and O–H groups in total. The molecule has 3 aromatic rings. The molecule has 1 heteroatoms. The van der Waals surface area contributed by atoms with Gasteiger partial charge in [-0.2, -0.15) is 0 Å². The molecule has 0 saturated carbocycles. The van der Waals surface area contributed by atoms with E-state index in [4.69, 9.17) is 5.11 Å². The van der Waals surface area contributed by atoms with E-state index in [-0.39, 0.29) is 6.61 Å². The molecule has 96 valence electrons. The quantitative estimate of drug-likeness (QED) is 0.540. The minimum Gasteiger partial charge on any atom is -0.396 e. The van der Waals surface area contributed by atoms with Crippen LogP contribution in [0.4, 0.5) is 0 Å². The SMILES string of the molecule is OCCCCc1cccc2c1ccc1ccccc12. The molecule has 0 aromatic heterocycles. The fourth-order valence-corrected chi connectivity index (χ4v) is 2.75. The third kappa shape index (κ3) is 2.34. The van der Waals surface area contributed by atoms with Crippen molar-refractivity contribution in [1.82, 2.24) is 0 Å². The molecule has 0 aliphatic carbocycles. The van der Waals surface area contributed by atoms with Crippen LogP contribution in [0.3, 0.4) is 0 Å². The van der Waals surface area contributed by atoms with Gasteiger partial charge in [-0.1, -0.05) is 54.6 Å². The Balaban J connectivity index is 2.12. The van der Waals surface area contributed by atoms with E-state index < -0.39 is 0 Å². The number of fused-ring (bicyclic) bond motifs is 3. The maximum atomic E-state index is 8.90. The van der Waals surface area contributed by atoms with Gasteiger partial charge in [-0.15, -0.1) is 0 Å². The zero-order valence-electron chi connectivity index (χ0n) is 11.0. The number of benzene rings is 3. The van der Waals surface area contributed by atoms with Gasteiger partial charge in [0.15, 0.2) is 0 Å². The average molecular weight is 250 g/mol. The van der Waals surface area contributed by atoms with E-state index in [1.807, 2.05) is 0 Å². The lowest BCUT2D eigenvalue weighted by Crippen LogP contribution is -1.90. The number of rotatable bonds is 4. The Morgan fingerprint density at radius 2 is 1.53 bits per heavy atom. The van der Waals surface area contributed by atoms with Gasteiger partial charge in [0.2, 0.25) is 0 Å². The fourth-order valence-electron chi connectivity index (χ4n) is 2.75. The summed E-state index contributed by atoms with van der Waals surface area (Å²) in [5, 5.41) is 14.2. The summed E-state index contributed by atoms with van der Waals surface area (Å²) in [6.07, 6.45) is 2.96. The van der Waals surface area contributed by atoms with Gasteiger partial charge < -0.3 is 5.11 Å². The second-order valence-corrected chi connectivity index (χ2v) is 4.98. The molecular weight excluding hydrogens is 232 g/mol. The van der Waals surface area contributed by atoms with Crippen LogP contribution in [0.15, 0.2) is 54.6 Å². The van der Waals surface area contributed by atoms with Crippen LogP contribution in [0.25, 0.3) is 21.5 Å². The van der Waals surface area contributed by atoms with E-state index in [0.717, 1.165) is 19.3 Å². The molecule has 0 heterocycles. The predicted molar refractivity (Wildman–Crippen MR) is 81.5 cm³/mol. The average Bonchev–Trinajstić information content (AvgIpc) is 2.47. The summed E-state index contributed by atoms with van der Waals surface area (Å²) in [5.74, 6) is 0. The molecule has 0 saturated heterocycles. The molecule has 0 bridgehead atoms. The van der Waals surface area contributed by atoms with E-state index in [9.17, 15) is 0 Å². The number of unbranched alkanes of at least 4 members (excludes halogenated alkanes) is 1. The molecular formula is C18H18O. The minimum absolute atomic E-state index is 0.285. The lowest BCUT2D eigenvalue weighted by molar-refractivity contribution is 0.284. The minimum atomic E-state index is 0.285. The first kappa shape index (κ1) is 12.2. The van der Waals surface area contributed by atoms with Gasteiger partial charge in [-0.05, 0) is 46.4 Å². The van der Waals surface area contributed by atoms with Gasteiger partial charge in [-0.3, -0.25) is 0 Å². The summed E-state index contributed by atoms with van der Waals surface area (Å²) in [6.45, 7) is 0.285. The third-order valence-electron chi connectivity index (χ3n) is 3.73. The molecule has 0 spiro atoms. The normalized spacial score (nSPS) is 11.2. The van der Waals surface area contributed by atoms with Gasteiger partial charge in [0.25, 0.3) is 0 Å². The third-order valence-corrected chi connectivity index (χ3v) is 3.73. The van der Waals surface area contributed by atoms with Crippen LogP contribution in [0.1, 0.15) is 18.4 Å². The first-order valence-electron chi connectivity index (χ1n) is 6.90. The summed E-state index contributed by atoms with van der Waals surface area (Å²) in [6, 6.07) is 19.5. The van der Waals surface area contributed by atoms with Crippen molar-refractivity contribution in [3.8, 4) is 0 Å². The Morgan fingerprint density at radius 3 is 2.42 bits per heavy atom. The predicted octanol–water partition coefficient (Wildman–Crippen LogP) is 4.31. The molecule has 3 aromatic carbocycles. The van der Waals surface area contributed by atoms with Crippen molar-refractivity contribution in [3.63, 3.8) is 0 Å². The van der Waals surface area contributed by atoms with Gasteiger partial charge >= 0.3 is 0 Å². The number of aryl methyl sites for hydroxylation is 1. The summed E-state index contributed by atoms with van der Waals surface area (Å²) in [5.41, 5.74) is 1.39. The van der Waals surface area contributed by atoms with Crippen LogP contribution in [0.2, 0.25) is 0 Å². The highest BCUT2D eigenvalue weighted by atomic mass is 16.2. The van der Waals surface area contributed by atoms with E-state index >= 15 is 0 Å². The zero-order valence-corrected chi connectivity index (χ0v) is 11.0. The highest BCUT2D eigenvalue weighted by Crippen LogP contribution is 2.28. The number of aliphatic hydroxyl groups is 1. The largest absolute Gasteiger partial charge is 0.396 e. The highest BCUT2D eigenvalue weighted by molar-refractivity contribution is 6.08. The van der Waals surface area contributed by atoms with Crippen molar-refractivity contribution in [3.05, 3.63) is 60.2 Å². The van der Waals surface area contributed by atoms with Crippen LogP contribution in [-0.4, -0.2) is 11.7 Å². The van der Waals surface area contributed by atoms with Crippen LogP contribution < -0.4 is 0 Å².